The third-order valence-electron chi connectivity index (χ3n) is 2.97. The number of methoxy groups -OCH3 is 1. The van der Waals surface area contributed by atoms with Crippen LogP contribution in [0.4, 0.5) is 0 Å². The highest BCUT2D eigenvalue weighted by Gasteiger charge is 2.21. The van der Waals surface area contributed by atoms with Gasteiger partial charge in [-0.2, -0.15) is 0 Å². The van der Waals surface area contributed by atoms with Gasteiger partial charge in [-0.25, -0.2) is 0 Å². The van der Waals surface area contributed by atoms with Gasteiger partial charge in [0.15, 0.2) is 6.10 Å². The highest BCUT2D eigenvalue weighted by Crippen LogP contribution is 2.26. The molecule has 2 rings (SSSR count). The smallest absolute Gasteiger partial charge is 0.253 e. The van der Waals surface area contributed by atoms with Crippen molar-refractivity contribution < 1.29 is 14.6 Å². The highest BCUT2D eigenvalue weighted by atomic mass is 35.5. The van der Waals surface area contributed by atoms with E-state index in [1.54, 1.807) is 12.1 Å². The van der Waals surface area contributed by atoms with Crippen molar-refractivity contribution >= 4 is 28.8 Å². The zero-order valence-corrected chi connectivity index (χ0v) is 13.0. The lowest BCUT2D eigenvalue weighted by Gasteiger charge is -2.17. The molecule has 0 aliphatic carbocycles. The van der Waals surface area contributed by atoms with Gasteiger partial charge in [-0.05, 0) is 17.7 Å². The van der Waals surface area contributed by atoms with Crippen molar-refractivity contribution in [1.82, 2.24) is 5.32 Å². The van der Waals surface area contributed by atoms with Crippen LogP contribution in [0.15, 0.2) is 42.5 Å². The van der Waals surface area contributed by atoms with Crippen LogP contribution in [0.1, 0.15) is 22.6 Å². The third kappa shape index (κ3) is 4.28. The van der Waals surface area contributed by atoms with Crippen LogP contribution in [0, 0.1) is 0 Å². The number of halogens is 1. The van der Waals surface area contributed by atoms with E-state index < -0.39 is 12.2 Å². The molecule has 6 heteroatoms. The fraction of sp³-hybridized carbons (Fsp3) is 0.267. The normalized spacial score (nSPS) is 13.7. The van der Waals surface area contributed by atoms with Gasteiger partial charge in [0.1, 0.15) is 6.10 Å². The van der Waals surface area contributed by atoms with E-state index in [1.165, 1.54) is 18.4 Å². The summed E-state index contributed by atoms with van der Waals surface area (Å²) in [6, 6.07) is 12.7. The second kappa shape index (κ2) is 7.56. The van der Waals surface area contributed by atoms with Crippen LogP contribution in [0.5, 0.6) is 0 Å². The summed E-state index contributed by atoms with van der Waals surface area (Å²) >= 11 is 7.11. The Morgan fingerprint density at radius 1 is 1.33 bits per heavy atom. The Morgan fingerprint density at radius 2 is 2.05 bits per heavy atom. The summed E-state index contributed by atoms with van der Waals surface area (Å²) in [6.07, 6.45) is -1.47. The predicted octanol–water partition coefficient (Wildman–Crippen LogP) is 2.94. The molecule has 0 aliphatic rings. The van der Waals surface area contributed by atoms with Crippen LogP contribution >= 0.6 is 22.9 Å². The maximum atomic E-state index is 12.1. The number of aliphatic hydroxyl groups excluding tert-OH is 1. The monoisotopic (exact) mass is 325 g/mol. The first-order chi connectivity index (χ1) is 10.1. The molecule has 0 bridgehead atoms. The molecule has 0 radical (unpaired) electrons. The topological polar surface area (TPSA) is 58.6 Å². The van der Waals surface area contributed by atoms with E-state index in [0.29, 0.717) is 9.21 Å². The van der Waals surface area contributed by atoms with E-state index >= 15 is 0 Å². The lowest BCUT2D eigenvalue weighted by Crippen LogP contribution is -2.33. The van der Waals surface area contributed by atoms with Gasteiger partial charge in [-0.1, -0.05) is 41.9 Å². The summed E-state index contributed by atoms with van der Waals surface area (Å²) in [5.41, 5.74) is 0.770. The van der Waals surface area contributed by atoms with Gasteiger partial charge in [0.05, 0.1) is 4.34 Å². The van der Waals surface area contributed by atoms with E-state index in [1.807, 2.05) is 30.3 Å². The molecule has 4 nitrogen and oxygen atoms in total. The average molecular weight is 326 g/mol. The van der Waals surface area contributed by atoms with Crippen LogP contribution < -0.4 is 5.32 Å². The zero-order chi connectivity index (χ0) is 15.2. The predicted molar refractivity (Wildman–Crippen MR) is 83.5 cm³/mol. The fourth-order valence-electron chi connectivity index (χ4n) is 1.92. The number of benzene rings is 1. The lowest BCUT2D eigenvalue weighted by atomic mass is 10.1. The summed E-state index contributed by atoms with van der Waals surface area (Å²) in [7, 11) is 1.48. The fourth-order valence-corrected chi connectivity index (χ4v) is 2.97. The lowest BCUT2D eigenvalue weighted by molar-refractivity contribution is -0.131. The first kappa shape index (κ1) is 16.0. The largest absolute Gasteiger partial charge is 0.386 e. The van der Waals surface area contributed by atoms with Crippen LogP contribution in [0.3, 0.4) is 0 Å². The Kier molecular flexibility index (Phi) is 5.76. The molecule has 0 fully saturated rings. The van der Waals surface area contributed by atoms with Crippen LogP contribution in [-0.4, -0.2) is 24.7 Å². The Morgan fingerprint density at radius 3 is 2.62 bits per heavy atom. The molecule has 2 aromatic rings. The molecule has 112 valence electrons. The van der Waals surface area contributed by atoms with Crippen LogP contribution in [0.25, 0.3) is 0 Å². The van der Waals surface area contributed by atoms with Gasteiger partial charge >= 0.3 is 0 Å². The number of hydrogen-bond donors (Lipinski definition) is 2. The van der Waals surface area contributed by atoms with Gasteiger partial charge in [0.25, 0.3) is 5.91 Å². The van der Waals surface area contributed by atoms with E-state index in [4.69, 9.17) is 16.3 Å². The third-order valence-corrected chi connectivity index (χ3v) is 4.30. The first-order valence-corrected chi connectivity index (χ1v) is 7.60. The van der Waals surface area contributed by atoms with E-state index in [0.717, 1.165) is 5.56 Å². The van der Waals surface area contributed by atoms with Gasteiger partial charge in [-0.15, -0.1) is 11.3 Å². The highest BCUT2D eigenvalue weighted by molar-refractivity contribution is 7.16. The molecule has 21 heavy (non-hydrogen) atoms. The molecule has 1 heterocycles. The van der Waals surface area contributed by atoms with E-state index in [9.17, 15) is 9.90 Å². The van der Waals surface area contributed by atoms with Crippen molar-refractivity contribution in [1.29, 1.82) is 0 Å². The average Bonchev–Trinajstić information content (AvgIpc) is 2.93. The molecule has 0 saturated heterocycles. The number of hydrogen-bond acceptors (Lipinski definition) is 4. The molecule has 2 atom stereocenters. The number of carbonyl (C=O) groups is 1. The minimum Gasteiger partial charge on any atom is -0.386 e. The Balaban J connectivity index is 1.94. The van der Waals surface area contributed by atoms with Gasteiger partial charge in [0.2, 0.25) is 0 Å². The van der Waals surface area contributed by atoms with Gasteiger partial charge in [-0.3, -0.25) is 4.79 Å². The second-order valence-corrected chi connectivity index (χ2v) is 6.18. The minimum absolute atomic E-state index is 0.113. The minimum atomic E-state index is -0.778. The molecule has 1 aromatic carbocycles. The number of rotatable bonds is 6. The molecular formula is C15H16ClNO3S. The maximum Gasteiger partial charge on any atom is 0.253 e. The summed E-state index contributed by atoms with van der Waals surface area (Å²) in [4.78, 5) is 12.9. The molecule has 1 aromatic heterocycles. The number of ether oxygens (including phenoxy) is 1. The van der Waals surface area contributed by atoms with Crippen molar-refractivity contribution in [3.63, 3.8) is 0 Å². The molecule has 0 unspecified atom stereocenters. The van der Waals surface area contributed by atoms with Crippen molar-refractivity contribution in [3.05, 3.63) is 57.2 Å². The number of amides is 1. The second-order valence-electron chi connectivity index (χ2n) is 4.43. The van der Waals surface area contributed by atoms with Crippen molar-refractivity contribution in [2.75, 3.05) is 13.7 Å². The number of aliphatic hydroxyl groups is 1. The van der Waals surface area contributed by atoms with Gasteiger partial charge in [0, 0.05) is 18.5 Å². The maximum absolute atomic E-state index is 12.1. The quantitative estimate of drug-likeness (QED) is 0.858. The molecule has 2 N–H and O–H groups in total. The molecular weight excluding hydrogens is 310 g/mol. The summed E-state index contributed by atoms with van der Waals surface area (Å²) in [5, 5.41) is 12.7. The van der Waals surface area contributed by atoms with E-state index in [-0.39, 0.29) is 12.5 Å². The van der Waals surface area contributed by atoms with Crippen molar-refractivity contribution in [2.24, 2.45) is 0 Å². The SMILES string of the molecule is CO[C@H](C(=O)NC[C@@H](O)c1ccc(Cl)s1)c1ccccc1. The number of thiophene rings is 1. The molecule has 0 saturated carbocycles. The Hall–Kier alpha value is -1.40. The number of nitrogens with one attached hydrogen (secondary N) is 1. The Bertz CT molecular complexity index is 588. The zero-order valence-electron chi connectivity index (χ0n) is 11.5. The summed E-state index contributed by atoms with van der Waals surface area (Å²) < 4.78 is 5.83. The summed E-state index contributed by atoms with van der Waals surface area (Å²) in [6.45, 7) is 0.113. The summed E-state index contributed by atoms with van der Waals surface area (Å²) in [5.74, 6) is -0.287. The number of carbonyl (C=O) groups excluding carboxylic acids is 1. The Labute approximate surface area is 132 Å². The van der Waals surface area contributed by atoms with Crippen molar-refractivity contribution in [3.8, 4) is 0 Å². The standard InChI is InChI=1S/C15H16ClNO3S/c1-20-14(10-5-3-2-4-6-10)15(19)17-9-11(18)12-7-8-13(16)21-12/h2-8,11,14,18H,9H2,1H3,(H,17,19)/t11-,14+/m1/s1. The molecule has 0 aliphatic heterocycles. The van der Waals surface area contributed by atoms with Crippen LogP contribution in [0.2, 0.25) is 4.34 Å². The first-order valence-electron chi connectivity index (χ1n) is 6.40. The van der Waals surface area contributed by atoms with E-state index in [2.05, 4.69) is 5.32 Å². The van der Waals surface area contributed by atoms with Crippen LogP contribution in [-0.2, 0) is 9.53 Å². The molecule has 1 amide bonds. The van der Waals surface area contributed by atoms with Gasteiger partial charge < -0.3 is 15.2 Å². The van der Waals surface area contributed by atoms with Crippen molar-refractivity contribution in [2.45, 2.75) is 12.2 Å². The molecule has 0 spiro atoms.